The Bertz CT molecular complexity index is 181. The van der Waals surface area contributed by atoms with Crippen LogP contribution in [0.2, 0.25) is 0 Å². The predicted octanol–water partition coefficient (Wildman–Crippen LogP) is 0.226. The summed E-state index contributed by atoms with van der Waals surface area (Å²) in [5, 5.41) is 1.66. The van der Waals surface area contributed by atoms with E-state index in [1.807, 2.05) is 0 Å². The Hall–Kier alpha value is -0.520. The Morgan fingerprint density at radius 1 is 1.62 bits per heavy atom. The van der Waals surface area contributed by atoms with E-state index < -0.39 is 0 Å². The molecule has 0 aromatic rings. The maximum Gasteiger partial charge on any atom is 0.237 e. The average molecular weight is 202 g/mol. The van der Waals surface area contributed by atoms with Crippen LogP contribution in [0.4, 0.5) is 0 Å². The molecule has 4 nitrogen and oxygen atoms in total. The fourth-order valence-corrected chi connectivity index (χ4v) is 1.41. The van der Waals surface area contributed by atoms with Crippen molar-refractivity contribution in [1.29, 1.82) is 0 Å². The first-order valence-corrected chi connectivity index (χ1v) is 5.07. The second kappa shape index (κ2) is 6.01. The molecular formula is C8H14N2O2S. The van der Waals surface area contributed by atoms with Gasteiger partial charge in [-0.15, -0.1) is 0 Å². The number of nitrogens with zero attached hydrogens (tertiary/aromatic N) is 1. The molecule has 0 radical (unpaired) electrons. The molecule has 1 aliphatic rings. The van der Waals surface area contributed by atoms with Crippen molar-refractivity contribution in [2.75, 3.05) is 32.8 Å². The summed E-state index contributed by atoms with van der Waals surface area (Å²) in [5.74, 6) is 0.123. The molecule has 0 unspecified atom stereocenters. The number of carbonyl (C=O) groups excluding carboxylic acids is 1. The first-order valence-electron chi connectivity index (χ1n) is 4.19. The molecule has 1 saturated heterocycles. The van der Waals surface area contributed by atoms with Crippen molar-refractivity contribution in [3.63, 3.8) is 0 Å². The lowest BCUT2D eigenvalue weighted by Gasteiger charge is -2.26. The van der Waals surface area contributed by atoms with Crippen molar-refractivity contribution in [2.24, 2.45) is 0 Å². The Kier molecular flexibility index (Phi) is 4.88. The first kappa shape index (κ1) is 10.6. The van der Waals surface area contributed by atoms with Crippen molar-refractivity contribution < 1.29 is 9.53 Å². The molecule has 0 aliphatic carbocycles. The van der Waals surface area contributed by atoms with Crippen LogP contribution in [0.15, 0.2) is 12.0 Å². The number of morpholine rings is 1. The normalized spacial score (nSPS) is 17.1. The summed E-state index contributed by atoms with van der Waals surface area (Å²) in [6.45, 7) is 6.60. The fourth-order valence-electron chi connectivity index (χ4n) is 1.09. The molecule has 5 heteroatoms. The van der Waals surface area contributed by atoms with Crippen molar-refractivity contribution in [3.05, 3.63) is 12.0 Å². The second-order valence-corrected chi connectivity index (χ2v) is 3.46. The van der Waals surface area contributed by atoms with Crippen molar-refractivity contribution in [1.82, 2.24) is 9.62 Å². The van der Waals surface area contributed by atoms with Crippen LogP contribution >= 0.6 is 11.9 Å². The molecule has 74 valence electrons. The van der Waals surface area contributed by atoms with E-state index in [-0.39, 0.29) is 5.91 Å². The summed E-state index contributed by atoms with van der Waals surface area (Å²) in [6, 6.07) is 0. The zero-order valence-corrected chi connectivity index (χ0v) is 8.31. The molecule has 0 aromatic heterocycles. The maximum atomic E-state index is 11.4. The van der Waals surface area contributed by atoms with Gasteiger partial charge in [-0.2, -0.15) is 0 Å². The molecule has 0 aromatic carbocycles. The molecule has 1 heterocycles. The smallest absolute Gasteiger partial charge is 0.237 e. The van der Waals surface area contributed by atoms with Crippen LogP contribution in [-0.2, 0) is 9.53 Å². The zero-order chi connectivity index (χ0) is 9.52. The molecule has 1 aliphatic heterocycles. The van der Waals surface area contributed by atoms with Crippen molar-refractivity contribution >= 4 is 17.9 Å². The van der Waals surface area contributed by atoms with Crippen molar-refractivity contribution in [2.45, 2.75) is 0 Å². The Morgan fingerprint density at radius 3 is 2.92 bits per heavy atom. The number of ether oxygens (including phenoxy) is 1. The summed E-state index contributed by atoms with van der Waals surface area (Å²) in [5.41, 5.74) is 0. The van der Waals surface area contributed by atoms with Gasteiger partial charge in [0.25, 0.3) is 0 Å². The van der Waals surface area contributed by atoms with E-state index >= 15 is 0 Å². The van der Waals surface area contributed by atoms with E-state index in [0.29, 0.717) is 32.8 Å². The van der Waals surface area contributed by atoms with Crippen LogP contribution in [-0.4, -0.2) is 43.7 Å². The number of hydrogen-bond acceptors (Lipinski definition) is 4. The van der Waals surface area contributed by atoms with Gasteiger partial charge >= 0.3 is 0 Å². The molecule has 1 N–H and O–H groups in total. The molecule has 1 amide bonds. The minimum Gasteiger partial charge on any atom is -0.378 e. The summed E-state index contributed by atoms with van der Waals surface area (Å²) < 4.78 is 8.04. The van der Waals surface area contributed by atoms with E-state index in [9.17, 15) is 4.79 Å². The number of rotatable bonds is 4. The lowest BCUT2D eigenvalue weighted by molar-refractivity contribution is -0.133. The van der Waals surface area contributed by atoms with Crippen LogP contribution in [0.1, 0.15) is 0 Å². The number of amides is 1. The average Bonchev–Trinajstić information content (AvgIpc) is 2.19. The third-order valence-corrected chi connectivity index (χ3v) is 2.23. The van der Waals surface area contributed by atoms with E-state index in [0.717, 1.165) is 0 Å². The number of carbonyl (C=O) groups is 1. The monoisotopic (exact) mass is 202 g/mol. The van der Waals surface area contributed by atoms with E-state index in [1.165, 1.54) is 11.9 Å². The van der Waals surface area contributed by atoms with E-state index in [1.54, 1.807) is 10.3 Å². The Labute approximate surface area is 82.4 Å². The summed E-state index contributed by atoms with van der Waals surface area (Å²) >= 11 is 1.34. The molecule has 1 rings (SSSR count). The van der Waals surface area contributed by atoms with Gasteiger partial charge in [-0.3, -0.25) is 9.52 Å². The van der Waals surface area contributed by atoms with Crippen LogP contribution in [0.5, 0.6) is 0 Å². The number of nitrogens with one attached hydrogen (secondary N) is 1. The predicted molar refractivity (Wildman–Crippen MR) is 53.2 cm³/mol. The van der Waals surface area contributed by atoms with Gasteiger partial charge in [0, 0.05) is 13.1 Å². The van der Waals surface area contributed by atoms with E-state index in [4.69, 9.17) is 4.74 Å². The largest absolute Gasteiger partial charge is 0.378 e. The highest BCUT2D eigenvalue weighted by Crippen LogP contribution is 1.98. The zero-order valence-electron chi connectivity index (χ0n) is 7.49. The highest BCUT2D eigenvalue weighted by molar-refractivity contribution is 8.00. The van der Waals surface area contributed by atoms with Gasteiger partial charge in [-0.1, -0.05) is 18.5 Å². The minimum atomic E-state index is 0.123. The summed E-state index contributed by atoms with van der Waals surface area (Å²) in [4.78, 5) is 13.2. The molecular weight excluding hydrogens is 188 g/mol. The lowest BCUT2D eigenvalue weighted by Crippen LogP contribution is -2.43. The lowest BCUT2D eigenvalue weighted by atomic mass is 10.4. The Balaban J connectivity index is 2.17. The molecule has 0 saturated carbocycles. The number of hydrogen-bond donors (Lipinski definition) is 1. The fraction of sp³-hybridized carbons (Fsp3) is 0.625. The third-order valence-electron chi connectivity index (χ3n) is 1.75. The van der Waals surface area contributed by atoms with Gasteiger partial charge in [0.05, 0.1) is 19.8 Å². The highest BCUT2D eigenvalue weighted by atomic mass is 32.2. The SMILES string of the molecule is C=CSNCC(=O)N1CCOCC1. The van der Waals surface area contributed by atoms with Gasteiger partial charge in [-0.05, 0) is 5.41 Å². The summed E-state index contributed by atoms with van der Waals surface area (Å²) in [7, 11) is 0. The molecule has 0 bridgehead atoms. The quantitative estimate of drug-likeness (QED) is 0.523. The second-order valence-electron chi connectivity index (χ2n) is 2.60. The summed E-state index contributed by atoms with van der Waals surface area (Å²) in [6.07, 6.45) is 0. The van der Waals surface area contributed by atoms with Crippen molar-refractivity contribution in [3.8, 4) is 0 Å². The van der Waals surface area contributed by atoms with Gasteiger partial charge < -0.3 is 9.64 Å². The van der Waals surface area contributed by atoms with Gasteiger partial charge in [0.2, 0.25) is 5.91 Å². The molecule has 0 atom stereocenters. The van der Waals surface area contributed by atoms with Crippen LogP contribution in [0.25, 0.3) is 0 Å². The van der Waals surface area contributed by atoms with Crippen LogP contribution < -0.4 is 4.72 Å². The highest BCUT2D eigenvalue weighted by Gasteiger charge is 2.15. The van der Waals surface area contributed by atoms with Gasteiger partial charge in [-0.25, -0.2) is 0 Å². The molecule has 0 spiro atoms. The van der Waals surface area contributed by atoms with Crippen LogP contribution in [0, 0.1) is 0 Å². The standard InChI is InChI=1S/C8H14N2O2S/c1-2-13-9-7-8(11)10-3-5-12-6-4-10/h2,9H,1,3-7H2. The van der Waals surface area contributed by atoms with Gasteiger partial charge in [0.1, 0.15) is 0 Å². The maximum absolute atomic E-state index is 11.4. The van der Waals surface area contributed by atoms with E-state index in [2.05, 4.69) is 11.3 Å². The molecule has 13 heavy (non-hydrogen) atoms. The molecule has 1 fully saturated rings. The Morgan fingerprint density at radius 2 is 2.31 bits per heavy atom. The minimum absolute atomic E-state index is 0.123. The third kappa shape index (κ3) is 3.80. The topological polar surface area (TPSA) is 41.6 Å². The van der Waals surface area contributed by atoms with Gasteiger partial charge in [0.15, 0.2) is 0 Å². The van der Waals surface area contributed by atoms with Crippen LogP contribution in [0.3, 0.4) is 0 Å². The first-order chi connectivity index (χ1) is 6.34.